The fourth-order valence-corrected chi connectivity index (χ4v) is 1.65. The molecule has 0 radical (unpaired) electrons. The number of nitrogens with zero attached hydrogens (tertiary/aromatic N) is 1. The van der Waals surface area contributed by atoms with Gasteiger partial charge in [0.05, 0.1) is 0 Å². The van der Waals surface area contributed by atoms with Crippen LogP contribution in [0.2, 0.25) is 0 Å². The van der Waals surface area contributed by atoms with Gasteiger partial charge in [0.15, 0.2) is 0 Å². The fraction of sp³-hybridized carbons (Fsp3) is 0.200. The molecule has 0 fully saturated rings. The van der Waals surface area contributed by atoms with Crippen molar-refractivity contribution in [3.63, 3.8) is 0 Å². The Bertz CT molecular complexity index is 571. The third-order valence-corrected chi connectivity index (χ3v) is 2.70. The maximum atomic E-state index is 11.5. The minimum atomic E-state index is -0.228. The first-order valence-electron chi connectivity index (χ1n) is 6.10. The van der Waals surface area contributed by atoms with Gasteiger partial charge in [-0.1, -0.05) is 17.7 Å². The highest BCUT2D eigenvalue weighted by Crippen LogP contribution is 2.17. The van der Waals surface area contributed by atoms with E-state index in [4.69, 9.17) is 4.74 Å². The summed E-state index contributed by atoms with van der Waals surface area (Å²) in [5.41, 5.74) is 1.54. The predicted molar refractivity (Wildman–Crippen MR) is 73.9 cm³/mol. The van der Waals surface area contributed by atoms with Gasteiger partial charge in [-0.25, -0.2) is 0 Å². The van der Waals surface area contributed by atoms with Gasteiger partial charge in [-0.15, -0.1) is 0 Å². The summed E-state index contributed by atoms with van der Waals surface area (Å²) in [7, 11) is 1.57. The molecule has 2 rings (SSSR count). The Kier molecular flexibility index (Phi) is 4.13. The zero-order valence-electron chi connectivity index (χ0n) is 11.0. The minimum absolute atomic E-state index is 0.228. The molecule has 4 nitrogen and oxygen atoms in total. The number of aromatic nitrogens is 1. The Morgan fingerprint density at radius 2 is 2.21 bits per heavy atom. The molecule has 0 spiro atoms. The van der Waals surface area contributed by atoms with Crippen molar-refractivity contribution >= 4 is 5.91 Å². The third kappa shape index (κ3) is 3.55. The highest BCUT2D eigenvalue weighted by Gasteiger charge is 2.07. The third-order valence-electron chi connectivity index (χ3n) is 2.70. The lowest BCUT2D eigenvalue weighted by atomic mass is 10.2. The van der Waals surface area contributed by atoms with Gasteiger partial charge < -0.3 is 10.1 Å². The van der Waals surface area contributed by atoms with Crippen LogP contribution in [-0.2, 0) is 0 Å². The number of amides is 1. The van der Waals surface area contributed by atoms with Crippen LogP contribution >= 0.6 is 0 Å². The van der Waals surface area contributed by atoms with Crippen molar-refractivity contribution in [1.29, 1.82) is 0 Å². The molecule has 0 saturated carbocycles. The lowest BCUT2D eigenvalue weighted by Crippen LogP contribution is -2.19. The van der Waals surface area contributed by atoms with Gasteiger partial charge in [0, 0.05) is 19.3 Å². The van der Waals surface area contributed by atoms with E-state index in [1.54, 1.807) is 25.4 Å². The summed E-state index contributed by atoms with van der Waals surface area (Å²) in [5.74, 6) is 1.14. The van der Waals surface area contributed by atoms with Gasteiger partial charge in [-0.05, 0) is 31.6 Å². The molecule has 0 saturated heterocycles. The van der Waals surface area contributed by atoms with Crippen LogP contribution in [0.5, 0.6) is 5.75 Å². The van der Waals surface area contributed by atoms with Gasteiger partial charge in [0.2, 0.25) is 0 Å². The van der Waals surface area contributed by atoms with Crippen LogP contribution < -0.4 is 10.1 Å². The second-order valence-electron chi connectivity index (χ2n) is 4.18. The number of pyridine rings is 1. The van der Waals surface area contributed by atoms with Crippen molar-refractivity contribution in [1.82, 2.24) is 10.3 Å². The van der Waals surface area contributed by atoms with Gasteiger partial charge in [0.1, 0.15) is 17.2 Å². The van der Waals surface area contributed by atoms with Crippen LogP contribution in [0.3, 0.4) is 0 Å². The average Bonchev–Trinajstić information content (AvgIpc) is 2.63. The van der Waals surface area contributed by atoms with Crippen molar-refractivity contribution in [3.05, 3.63) is 59.7 Å². The molecule has 1 aromatic rings. The van der Waals surface area contributed by atoms with Crippen LogP contribution in [0.1, 0.15) is 23.8 Å². The first kappa shape index (κ1) is 13.1. The quantitative estimate of drug-likeness (QED) is 0.904. The van der Waals surface area contributed by atoms with E-state index in [0.29, 0.717) is 11.4 Å². The summed E-state index contributed by atoms with van der Waals surface area (Å²) in [6.07, 6.45) is 10.4. The number of hydrogen-bond donors (Lipinski definition) is 1. The molecule has 0 aromatic carbocycles. The van der Waals surface area contributed by atoms with Gasteiger partial charge in [-0.3, -0.25) is 9.78 Å². The summed E-state index contributed by atoms with van der Waals surface area (Å²) in [6.45, 7) is 2.05. The van der Waals surface area contributed by atoms with Crippen LogP contribution in [0.15, 0.2) is 54.0 Å². The van der Waals surface area contributed by atoms with E-state index in [-0.39, 0.29) is 5.91 Å². The SMILES string of the molecule is CNC(=O)c1cc(OC2=CCC=C(C)C=C2)ccn1. The fourth-order valence-electron chi connectivity index (χ4n) is 1.65. The van der Waals surface area contributed by atoms with Crippen LogP contribution in [0.4, 0.5) is 0 Å². The molecule has 1 aliphatic carbocycles. The number of nitrogens with one attached hydrogen (secondary N) is 1. The smallest absolute Gasteiger partial charge is 0.269 e. The Morgan fingerprint density at radius 1 is 1.37 bits per heavy atom. The average molecular weight is 256 g/mol. The van der Waals surface area contributed by atoms with E-state index in [1.807, 2.05) is 25.2 Å². The van der Waals surface area contributed by atoms with Crippen LogP contribution in [0.25, 0.3) is 0 Å². The molecule has 0 aliphatic heterocycles. The van der Waals surface area contributed by atoms with E-state index in [2.05, 4.69) is 16.4 Å². The van der Waals surface area contributed by atoms with E-state index < -0.39 is 0 Å². The van der Waals surface area contributed by atoms with Crippen LogP contribution in [0, 0.1) is 0 Å². The van der Waals surface area contributed by atoms with Crippen molar-refractivity contribution in [2.24, 2.45) is 0 Å². The number of carbonyl (C=O) groups is 1. The standard InChI is InChI=1S/C15H16N2O2/c1-11-4-3-5-12(7-6-11)19-13-8-9-17-14(10-13)15(18)16-2/h4-10H,3H2,1-2H3,(H,16,18). The highest BCUT2D eigenvalue weighted by molar-refractivity contribution is 5.92. The molecule has 0 bridgehead atoms. The molecule has 0 unspecified atom stereocenters. The van der Waals surface area contributed by atoms with Crippen molar-refractivity contribution < 1.29 is 9.53 Å². The first-order valence-corrected chi connectivity index (χ1v) is 6.10. The highest BCUT2D eigenvalue weighted by atomic mass is 16.5. The molecule has 1 amide bonds. The topological polar surface area (TPSA) is 51.2 Å². The molecule has 1 heterocycles. The van der Waals surface area contributed by atoms with Crippen molar-refractivity contribution in [2.75, 3.05) is 7.05 Å². The van der Waals surface area contributed by atoms with E-state index in [9.17, 15) is 4.79 Å². The number of carbonyl (C=O) groups excluding carboxylic acids is 1. The van der Waals surface area contributed by atoms with Gasteiger partial charge in [-0.2, -0.15) is 0 Å². The Balaban J connectivity index is 2.14. The maximum absolute atomic E-state index is 11.5. The molecule has 4 heteroatoms. The number of hydrogen-bond acceptors (Lipinski definition) is 3. The van der Waals surface area contributed by atoms with Crippen LogP contribution in [-0.4, -0.2) is 17.9 Å². The predicted octanol–water partition coefficient (Wildman–Crippen LogP) is 2.61. The Labute approximate surface area is 112 Å². The van der Waals surface area contributed by atoms with E-state index in [0.717, 1.165) is 12.2 Å². The molecular weight excluding hydrogens is 240 g/mol. The molecule has 98 valence electrons. The van der Waals surface area contributed by atoms with Gasteiger partial charge in [0.25, 0.3) is 5.91 Å². The molecule has 1 aromatic heterocycles. The normalized spacial score (nSPS) is 14.2. The molecular formula is C15H16N2O2. The zero-order chi connectivity index (χ0) is 13.7. The Morgan fingerprint density at radius 3 is 3.00 bits per heavy atom. The summed E-state index contributed by atoms with van der Waals surface area (Å²) in [6, 6.07) is 3.35. The van der Waals surface area contributed by atoms with Crippen molar-refractivity contribution in [2.45, 2.75) is 13.3 Å². The largest absolute Gasteiger partial charge is 0.458 e. The number of rotatable bonds is 3. The van der Waals surface area contributed by atoms with E-state index >= 15 is 0 Å². The first-order chi connectivity index (χ1) is 9.19. The van der Waals surface area contributed by atoms with E-state index in [1.165, 1.54) is 5.57 Å². The van der Waals surface area contributed by atoms with Gasteiger partial charge >= 0.3 is 0 Å². The molecule has 0 atom stereocenters. The summed E-state index contributed by atoms with van der Waals surface area (Å²) in [5, 5.41) is 2.53. The molecule has 1 N–H and O–H groups in total. The second kappa shape index (κ2) is 6.00. The lowest BCUT2D eigenvalue weighted by Gasteiger charge is -2.07. The second-order valence-corrected chi connectivity index (χ2v) is 4.18. The minimum Gasteiger partial charge on any atom is -0.458 e. The molecule has 1 aliphatic rings. The van der Waals surface area contributed by atoms with Crippen molar-refractivity contribution in [3.8, 4) is 5.75 Å². The molecule has 19 heavy (non-hydrogen) atoms. The zero-order valence-corrected chi connectivity index (χ0v) is 11.0. The monoisotopic (exact) mass is 256 g/mol. The summed E-state index contributed by atoms with van der Waals surface area (Å²) in [4.78, 5) is 15.5. The summed E-state index contributed by atoms with van der Waals surface area (Å²) >= 11 is 0. The Hall–Kier alpha value is -2.36. The number of allylic oxidation sites excluding steroid dienone is 5. The lowest BCUT2D eigenvalue weighted by molar-refractivity contribution is 0.0958. The number of ether oxygens (including phenoxy) is 1. The summed E-state index contributed by atoms with van der Waals surface area (Å²) < 4.78 is 5.74. The maximum Gasteiger partial charge on any atom is 0.269 e.